The van der Waals surface area contributed by atoms with Gasteiger partial charge >= 0.3 is 0 Å². The lowest BCUT2D eigenvalue weighted by molar-refractivity contribution is 0.108. The van der Waals surface area contributed by atoms with Gasteiger partial charge in [-0.3, -0.25) is 4.79 Å². The highest BCUT2D eigenvalue weighted by Gasteiger charge is 2.12. The van der Waals surface area contributed by atoms with Crippen molar-refractivity contribution >= 4 is 38.4 Å². The van der Waals surface area contributed by atoms with Crippen LogP contribution in [0.4, 0.5) is 0 Å². The molecule has 0 aliphatic rings. The minimum absolute atomic E-state index is 0.00768. The number of methoxy groups -OCH3 is 1. The molecule has 0 spiro atoms. The number of ether oxygens (including phenoxy) is 1. The summed E-state index contributed by atoms with van der Waals surface area (Å²) in [6.07, 6.45) is 0. The molecule has 1 aromatic heterocycles. The van der Waals surface area contributed by atoms with E-state index in [1.54, 1.807) is 31.4 Å². The standard InChI is InChI=1S/C15H11NO2S2/c1-18-11-8-6-10(7-9-11)14(17)20-15-16-12-4-2-3-5-13(12)19-15/h2-9H,1H3. The zero-order valence-corrected chi connectivity index (χ0v) is 12.3. The summed E-state index contributed by atoms with van der Waals surface area (Å²) in [5.41, 5.74) is 1.58. The number of carbonyl (C=O) groups excluding carboxylic acids is 1. The molecule has 3 aromatic rings. The van der Waals surface area contributed by atoms with E-state index < -0.39 is 0 Å². The second kappa shape index (κ2) is 5.64. The molecular formula is C15H11NO2S2. The van der Waals surface area contributed by atoms with Crippen LogP contribution < -0.4 is 4.74 Å². The number of hydrogen-bond donors (Lipinski definition) is 0. The number of aromatic nitrogens is 1. The minimum atomic E-state index is -0.00768. The lowest BCUT2D eigenvalue weighted by Gasteiger charge is -2.01. The lowest BCUT2D eigenvalue weighted by Crippen LogP contribution is -1.93. The van der Waals surface area contributed by atoms with E-state index in [9.17, 15) is 4.79 Å². The van der Waals surface area contributed by atoms with Gasteiger partial charge in [-0.25, -0.2) is 4.98 Å². The van der Waals surface area contributed by atoms with Crippen molar-refractivity contribution in [3.63, 3.8) is 0 Å². The Kier molecular flexibility index (Phi) is 3.71. The maximum absolute atomic E-state index is 12.2. The fourth-order valence-corrected chi connectivity index (χ4v) is 3.68. The summed E-state index contributed by atoms with van der Waals surface area (Å²) in [6.45, 7) is 0. The summed E-state index contributed by atoms with van der Waals surface area (Å²) in [6, 6.07) is 15.0. The molecule has 0 atom stereocenters. The van der Waals surface area contributed by atoms with Crippen molar-refractivity contribution in [1.29, 1.82) is 0 Å². The van der Waals surface area contributed by atoms with E-state index in [-0.39, 0.29) is 5.12 Å². The van der Waals surface area contributed by atoms with Gasteiger partial charge in [0.15, 0.2) is 4.34 Å². The molecular weight excluding hydrogens is 290 g/mol. The highest BCUT2D eigenvalue weighted by atomic mass is 32.2. The van der Waals surface area contributed by atoms with Crippen molar-refractivity contribution in [3.8, 4) is 5.75 Å². The van der Waals surface area contributed by atoms with Crippen LogP contribution in [0.5, 0.6) is 5.75 Å². The monoisotopic (exact) mass is 301 g/mol. The molecule has 0 radical (unpaired) electrons. The number of nitrogens with zero attached hydrogens (tertiary/aromatic N) is 1. The predicted octanol–water partition coefficient (Wildman–Crippen LogP) is 4.24. The number of benzene rings is 2. The van der Waals surface area contributed by atoms with Gasteiger partial charge in [0.05, 0.1) is 17.3 Å². The first-order chi connectivity index (χ1) is 9.76. The summed E-state index contributed by atoms with van der Waals surface area (Å²) in [5, 5.41) is -0.00768. The third kappa shape index (κ3) is 2.69. The molecule has 0 aliphatic carbocycles. The third-order valence-electron chi connectivity index (χ3n) is 2.78. The number of thioether (sulfide) groups is 1. The smallest absolute Gasteiger partial charge is 0.226 e. The Bertz CT molecular complexity index is 717. The van der Waals surface area contributed by atoms with Gasteiger partial charge in [0.1, 0.15) is 5.75 Å². The summed E-state index contributed by atoms with van der Waals surface area (Å²) in [7, 11) is 1.60. The van der Waals surface area contributed by atoms with Gasteiger partial charge < -0.3 is 4.74 Å². The number of carbonyl (C=O) groups is 1. The Morgan fingerprint density at radius 2 is 1.90 bits per heavy atom. The Morgan fingerprint density at radius 1 is 1.15 bits per heavy atom. The summed E-state index contributed by atoms with van der Waals surface area (Å²) in [5.74, 6) is 0.742. The van der Waals surface area contributed by atoms with Gasteiger partial charge in [-0.2, -0.15) is 0 Å². The largest absolute Gasteiger partial charge is 0.497 e. The topological polar surface area (TPSA) is 39.2 Å². The van der Waals surface area contributed by atoms with Crippen LogP contribution in [0.25, 0.3) is 10.2 Å². The van der Waals surface area contributed by atoms with E-state index in [1.807, 2.05) is 24.3 Å². The molecule has 20 heavy (non-hydrogen) atoms. The molecule has 1 heterocycles. The van der Waals surface area contributed by atoms with E-state index in [1.165, 1.54) is 11.3 Å². The molecule has 0 saturated heterocycles. The van der Waals surface area contributed by atoms with Crippen molar-refractivity contribution in [2.75, 3.05) is 7.11 Å². The summed E-state index contributed by atoms with van der Waals surface area (Å²) < 4.78 is 6.94. The van der Waals surface area contributed by atoms with Crippen LogP contribution in [0.15, 0.2) is 52.9 Å². The zero-order valence-electron chi connectivity index (χ0n) is 10.7. The first kappa shape index (κ1) is 13.1. The molecule has 0 bridgehead atoms. The average molecular weight is 301 g/mol. The second-order valence-corrected chi connectivity index (χ2v) is 6.32. The van der Waals surface area contributed by atoms with Crippen molar-refractivity contribution in [2.24, 2.45) is 0 Å². The molecule has 2 aromatic carbocycles. The van der Waals surface area contributed by atoms with Crippen molar-refractivity contribution in [3.05, 3.63) is 54.1 Å². The fourth-order valence-electron chi connectivity index (χ4n) is 1.76. The Labute approximate surface area is 124 Å². The third-order valence-corrected chi connectivity index (χ3v) is 4.80. The molecule has 3 rings (SSSR count). The predicted molar refractivity (Wildman–Crippen MR) is 82.8 cm³/mol. The molecule has 3 nitrogen and oxygen atoms in total. The molecule has 0 aliphatic heterocycles. The molecule has 0 amide bonds. The highest BCUT2D eigenvalue weighted by molar-refractivity contribution is 8.15. The summed E-state index contributed by atoms with van der Waals surface area (Å²) in [4.78, 5) is 16.6. The maximum atomic E-state index is 12.2. The molecule has 0 unspecified atom stereocenters. The number of thiazole rings is 1. The van der Waals surface area contributed by atoms with E-state index >= 15 is 0 Å². The van der Waals surface area contributed by atoms with Crippen LogP contribution in [-0.4, -0.2) is 17.2 Å². The van der Waals surface area contributed by atoms with E-state index in [0.717, 1.165) is 32.1 Å². The Balaban J connectivity index is 1.80. The van der Waals surface area contributed by atoms with Crippen LogP contribution in [0, 0.1) is 0 Å². The number of para-hydroxylation sites is 1. The average Bonchev–Trinajstić information content (AvgIpc) is 2.89. The number of hydrogen-bond acceptors (Lipinski definition) is 5. The maximum Gasteiger partial charge on any atom is 0.226 e. The molecule has 0 N–H and O–H groups in total. The number of fused-ring (bicyclic) bond motifs is 1. The van der Waals surface area contributed by atoms with Crippen molar-refractivity contribution < 1.29 is 9.53 Å². The molecule has 0 fully saturated rings. The van der Waals surface area contributed by atoms with E-state index in [4.69, 9.17) is 4.74 Å². The van der Waals surface area contributed by atoms with E-state index in [0.29, 0.717) is 5.56 Å². The van der Waals surface area contributed by atoms with Gasteiger partial charge in [0.25, 0.3) is 0 Å². The molecule has 5 heteroatoms. The number of rotatable bonds is 3. The zero-order chi connectivity index (χ0) is 13.9. The van der Waals surface area contributed by atoms with Crippen molar-refractivity contribution in [2.45, 2.75) is 4.34 Å². The van der Waals surface area contributed by atoms with Crippen LogP contribution in [0.2, 0.25) is 0 Å². The molecule has 100 valence electrons. The minimum Gasteiger partial charge on any atom is -0.497 e. The fraction of sp³-hybridized carbons (Fsp3) is 0.0667. The van der Waals surface area contributed by atoms with Crippen LogP contribution >= 0.6 is 23.1 Å². The van der Waals surface area contributed by atoms with Gasteiger partial charge in [-0.05, 0) is 48.2 Å². The lowest BCUT2D eigenvalue weighted by atomic mass is 10.2. The van der Waals surface area contributed by atoms with Crippen molar-refractivity contribution in [1.82, 2.24) is 4.98 Å². The van der Waals surface area contributed by atoms with Gasteiger partial charge in [-0.1, -0.05) is 12.1 Å². The summed E-state index contributed by atoms with van der Waals surface area (Å²) >= 11 is 2.70. The van der Waals surface area contributed by atoms with Crippen LogP contribution in [-0.2, 0) is 0 Å². The van der Waals surface area contributed by atoms with Gasteiger partial charge in [0.2, 0.25) is 5.12 Å². The second-order valence-electron chi connectivity index (χ2n) is 4.07. The van der Waals surface area contributed by atoms with Crippen LogP contribution in [0.3, 0.4) is 0 Å². The van der Waals surface area contributed by atoms with E-state index in [2.05, 4.69) is 4.98 Å². The van der Waals surface area contributed by atoms with Crippen LogP contribution in [0.1, 0.15) is 10.4 Å². The Hall–Kier alpha value is -1.85. The SMILES string of the molecule is COc1ccc(C(=O)Sc2nc3ccccc3s2)cc1. The first-order valence-corrected chi connectivity index (χ1v) is 7.61. The normalized spacial score (nSPS) is 10.7. The van der Waals surface area contributed by atoms with Gasteiger partial charge in [-0.15, -0.1) is 11.3 Å². The first-order valence-electron chi connectivity index (χ1n) is 5.98. The molecule has 0 saturated carbocycles. The van der Waals surface area contributed by atoms with Gasteiger partial charge in [0, 0.05) is 5.56 Å². The Morgan fingerprint density at radius 3 is 2.60 bits per heavy atom. The highest BCUT2D eigenvalue weighted by Crippen LogP contribution is 2.31. The quantitative estimate of drug-likeness (QED) is 0.678.